The lowest BCUT2D eigenvalue weighted by molar-refractivity contribution is -0.288. The number of ether oxygens (including phenoxy) is 5. The van der Waals surface area contributed by atoms with Gasteiger partial charge in [0.25, 0.3) is 0 Å². The molecule has 1 saturated heterocycles. The van der Waals surface area contributed by atoms with E-state index >= 15 is 0 Å². The Kier molecular flexibility index (Phi) is 8.26. The lowest BCUT2D eigenvalue weighted by Gasteiger charge is -2.42. The predicted molar refractivity (Wildman–Crippen MR) is 138 cm³/mol. The van der Waals surface area contributed by atoms with Crippen molar-refractivity contribution in [2.24, 2.45) is 5.92 Å². The van der Waals surface area contributed by atoms with Crippen LogP contribution in [0, 0.1) is 5.92 Å². The minimum atomic E-state index is -2.35. The summed E-state index contributed by atoms with van der Waals surface area (Å²) in [5.74, 6) is -17.6. The van der Waals surface area contributed by atoms with Crippen LogP contribution in [0.1, 0.15) is 38.6 Å². The third-order valence-corrected chi connectivity index (χ3v) is 7.56. The quantitative estimate of drug-likeness (QED) is 0.0733. The Morgan fingerprint density at radius 2 is 1.48 bits per heavy atom. The summed E-state index contributed by atoms with van der Waals surface area (Å²) in [4.78, 5) is 64.4. The summed E-state index contributed by atoms with van der Waals surface area (Å²) in [6, 6.07) is 1.92. The monoisotopic (exact) mass is 652 g/mol. The summed E-state index contributed by atoms with van der Waals surface area (Å²) < 4.78 is 26.2. The number of aliphatic hydroxyl groups excluding tert-OH is 3. The van der Waals surface area contributed by atoms with E-state index in [1.54, 1.807) is 0 Å². The molecule has 0 aromatic heterocycles. The number of fused-ring (bicyclic) bond motifs is 2. The second kappa shape index (κ2) is 11.9. The summed E-state index contributed by atoms with van der Waals surface area (Å²) in [6.07, 6.45) is -13.7. The number of carbonyl (C=O) groups excluding carboxylic acids is 4. The van der Waals surface area contributed by atoms with Crippen LogP contribution < -0.4 is 4.74 Å². The third-order valence-electron chi connectivity index (χ3n) is 7.56. The van der Waals surface area contributed by atoms with E-state index in [-0.39, 0.29) is 0 Å². The van der Waals surface area contributed by atoms with E-state index in [4.69, 9.17) is 23.7 Å². The lowest BCUT2D eigenvalue weighted by atomic mass is 9.76. The van der Waals surface area contributed by atoms with E-state index in [1.165, 1.54) is 0 Å². The number of phenols is 5. The average molecular weight is 652 g/mol. The van der Waals surface area contributed by atoms with Crippen LogP contribution in [0.5, 0.6) is 34.5 Å². The molecule has 0 saturated carbocycles. The fourth-order valence-electron chi connectivity index (χ4n) is 5.40. The van der Waals surface area contributed by atoms with Gasteiger partial charge in [0.15, 0.2) is 47.1 Å². The molecule has 3 aliphatic heterocycles. The zero-order valence-electron chi connectivity index (χ0n) is 22.9. The molecule has 0 radical (unpaired) electrons. The predicted octanol–water partition coefficient (Wildman–Crippen LogP) is -1.95. The number of carboxylic acid groups (broad SMARTS) is 1. The minimum absolute atomic E-state index is 0.573. The van der Waals surface area contributed by atoms with Gasteiger partial charge < -0.3 is 69.6 Å². The summed E-state index contributed by atoms with van der Waals surface area (Å²) in [5.41, 5.74) is -2.06. The number of phenolic OH excluding ortho intramolecular Hbond substituents is 5. The summed E-state index contributed by atoms with van der Waals surface area (Å²) >= 11 is 0. The smallest absolute Gasteiger partial charge is 0.341 e. The molecule has 9 N–H and O–H groups in total. The molecular formula is C27H24O19. The fraction of sp³-hybridized carbons (Fsp3) is 0.370. The highest BCUT2D eigenvalue weighted by Gasteiger charge is 2.55. The van der Waals surface area contributed by atoms with Crippen molar-refractivity contribution in [3.05, 3.63) is 34.9 Å². The van der Waals surface area contributed by atoms with Crippen molar-refractivity contribution >= 4 is 29.8 Å². The maximum Gasteiger partial charge on any atom is 0.341 e. The van der Waals surface area contributed by atoms with Crippen LogP contribution in [0.15, 0.2) is 18.2 Å². The molecule has 0 aliphatic carbocycles. The molecule has 1 fully saturated rings. The molecular weight excluding hydrogens is 628 g/mol. The first-order valence-corrected chi connectivity index (χ1v) is 13.2. The molecule has 0 spiro atoms. The zero-order chi connectivity index (χ0) is 33.8. The number of aliphatic carboxylic acids is 1. The SMILES string of the molecule is O=C(O)CC1C(=O)O[C@@H]2[C@H](O)[C@@H](OC(=O)c3cc(O)c(O)c4c3[C@H]1[C@H](O)C(=O)O4)[C@H](OC(=O)c1cc(O)c(O)c(O)c1)O[C@@H]2CO. The average Bonchev–Trinajstić information content (AvgIpc) is 3.00. The van der Waals surface area contributed by atoms with Crippen LogP contribution in [-0.2, 0) is 33.3 Å². The van der Waals surface area contributed by atoms with Gasteiger partial charge in [0.1, 0.15) is 12.2 Å². The van der Waals surface area contributed by atoms with Crippen LogP contribution in [-0.4, -0.2) is 119 Å². The standard InChI is InChI=1S/C27H24O19/c28-5-12-20-19(37)22(27(42-12)46-23(38)6-1-9(29)16(34)10(30)2-6)45-24(39)7-3-11(31)17(35)21-15(7)14(18(36)26(41)44-21)8(4-13(32)33)25(40)43-20/h1-3,8,12,14,18-20,22,27-31,34-37H,4-5H2,(H,32,33)/t8?,12-,14+,18+,19+,20+,22-,27+/m1/s1. The van der Waals surface area contributed by atoms with E-state index in [0.29, 0.717) is 18.2 Å². The second-order valence-electron chi connectivity index (χ2n) is 10.4. The first-order chi connectivity index (χ1) is 21.6. The van der Waals surface area contributed by atoms with Gasteiger partial charge in [0.2, 0.25) is 12.0 Å². The Bertz CT molecular complexity index is 1610. The van der Waals surface area contributed by atoms with Crippen molar-refractivity contribution in [1.82, 2.24) is 0 Å². The van der Waals surface area contributed by atoms with Crippen LogP contribution in [0.2, 0.25) is 0 Å². The van der Waals surface area contributed by atoms with Crippen LogP contribution in [0.3, 0.4) is 0 Å². The van der Waals surface area contributed by atoms with Crippen molar-refractivity contribution in [1.29, 1.82) is 0 Å². The highest BCUT2D eigenvalue weighted by atomic mass is 16.7. The summed E-state index contributed by atoms with van der Waals surface area (Å²) in [6.45, 7) is -1.06. The van der Waals surface area contributed by atoms with Gasteiger partial charge in [-0.3, -0.25) is 9.59 Å². The van der Waals surface area contributed by atoms with Crippen LogP contribution in [0.4, 0.5) is 0 Å². The topological polar surface area (TPSA) is 314 Å². The zero-order valence-corrected chi connectivity index (χ0v) is 22.9. The molecule has 46 heavy (non-hydrogen) atoms. The van der Waals surface area contributed by atoms with Crippen molar-refractivity contribution in [2.75, 3.05) is 6.61 Å². The number of aromatic hydroxyl groups is 5. The first-order valence-electron chi connectivity index (χ1n) is 13.2. The molecule has 3 aliphatic rings. The molecule has 2 bridgehead atoms. The lowest BCUT2D eigenvalue weighted by Crippen LogP contribution is -2.62. The van der Waals surface area contributed by atoms with Crippen molar-refractivity contribution in [2.45, 2.75) is 49.1 Å². The fourth-order valence-corrected chi connectivity index (χ4v) is 5.40. The normalized spacial score (nSPS) is 28.9. The Morgan fingerprint density at radius 3 is 2.09 bits per heavy atom. The van der Waals surface area contributed by atoms with Gasteiger partial charge in [-0.15, -0.1) is 0 Å². The van der Waals surface area contributed by atoms with Gasteiger partial charge in [0.05, 0.1) is 30.1 Å². The van der Waals surface area contributed by atoms with E-state index < -0.39 is 143 Å². The van der Waals surface area contributed by atoms with Crippen molar-refractivity contribution < 1.29 is 93.6 Å². The number of hydrogen-bond donors (Lipinski definition) is 9. The van der Waals surface area contributed by atoms with E-state index in [9.17, 15) is 69.9 Å². The Labute approximate surface area is 254 Å². The Balaban J connectivity index is 1.64. The molecule has 2 aromatic carbocycles. The number of carbonyl (C=O) groups is 5. The number of rotatable bonds is 5. The second-order valence-corrected chi connectivity index (χ2v) is 10.4. The number of benzene rings is 2. The molecule has 2 aromatic rings. The Hall–Kier alpha value is -5.37. The highest BCUT2D eigenvalue weighted by Crippen LogP contribution is 2.51. The molecule has 8 atom stereocenters. The minimum Gasteiger partial charge on any atom is -0.504 e. The summed E-state index contributed by atoms with van der Waals surface area (Å²) in [5, 5.41) is 91.4. The van der Waals surface area contributed by atoms with E-state index in [1.807, 2.05) is 0 Å². The van der Waals surface area contributed by atoms with Crippen LogP contribution in [0.25, 0.3) is 0 Å². The van der Waals surface area contributed by atoms with Crippen molar-refractivity contribution in [3.8, 4) is 34.5 Å². The van der Waals surface area contributed by atoms with Gasteiger partial charge in [-0.05, 0) is 18.2 Å². The van der Waals surface area contributed by atoms with Gasteiger partial charge >= 0.3 is 29.8 Å². The van der Waals surface area contributed by atoms with Gasteiger partial charge in [-0.1, -0.05) is 0 Å². The maximum absolute atomic E-state index is 13.6. The van der Waals surface area contributed by atoms with E-state index in [0.717, 1.165) is 0 Å². The molecule has 246 valence electrons. The number of hydrogen-bond acceptors (Lipinski definition) is 18. The number of aliphatic hydroxyl groups is 3. The molecule has 1 unspecified atom stereocenters. The first kappa shape index (κ1) is 32.0. The highest BCUT2D eigenvalue weighted by molar-refractivity contribution is 5.97. The van der Waals surface area contributed by atoms with E-state index in [2.05, 4.69) is 0 Å². The molecule has 3 heterocycles. The molecule has 19 nitrogen and oxygen atoms in total. The van der Waals surface area contributed by atoms with Crippen molar-refractivity contribution in [3.63, 3.8) is 0 Å². The number of carboxylic acids is 1. The Morgan fingerprint density at radius 1 is 0.848 bits per heavy atom. The maximum atomic E-state index is 13.6. The largest absolute Gasteiger partial charge is 0.504 e. The van der Waals surface area contributed by atoms with Gasteiger partial charge in [-0.25, -0.2) is 14.4 Å². The summed E-state index contributed by atoms with van der Waals surface area (Å²) in [7, 11) is 0. The number of esters is 4. The molecule has 19 heteroatoms. The molecule has 0 amide bonds. The van der Waals surface area contributed by atoms with Gasteiger partial charge in [-0.2, -0.15) is 0 Å². The van der Waals surface area contributed by atoms with Crippen LogP contribution >= 0.6 is 0 Å². The van der Waals surface area contributed by atoms with Gasteiger partial charge in [0, 0.05) is 11.5 Å². The third kappa shape index (κ3) is 5.40. The molecule has 5 rings (SSSR count).